The first-order valence-electron chi connectivity index (χ1n) is 9.33. The van der Waals surface area contributed by atoms with Crippen molar-refractivity contribution in [3.8, 4) is 5.88 Å². The Morgan fingerprint density at radius 2 is 2.21 bits per heavy atom. The van der Waals surface area contributed by atoms with Crippen molar-refractivity contribution in [3.05, 3.63) is 17.4 Å². The fraction of sp³-hybridized carbons (Fsp3) is 0.667. The minimum absolute atomic E-state index is 0.0194. The molecule has 0 radical (unpaired) electrons. The molecule has 2 atom stereocenters. The number of nitrogens with one attached hydrogen (secondary N) is 2. The number of amides is 1. The van der Waals surface area contributed by atoms with Crippen molar-refractivity contribution < 1.29 is 27.1 Å². The zero-order valence-electron chi connectivity index (χ0n) is 15.6. The summed E-state index contributed by atoms with van der Waals surface area (Å²) in [5, 5.41) is 5.82. The molecule has 3 rings (SSSR count). The van der Waals surface area contributed by atoms with E-state index in [1.807, 2.05) is 0 Å². The predicted molar refractivity (Wildman–Crippen MR) is 94.6 cm³/mol. The highest BCUT2D eigenvalue weighted by Crippen LogP contribution is 2.34. The first kappa shape index (κ1) is 20.6. The number of pyridine rings is 1. The average molecular weight is 404 g/mol. The number of carbonyl (C=O) groups is 1. The molecule has 2 N–H and O–H groups in total. The molecule has 2 unspecified atom stereocenters. The fourth-order valence-corrected chi connectivity index (χ4v) is 3.76. The summed E-state index contributed by atoms with van der Waals surface area (Å²) < 4.78 is 57.6. The fourth-order valence-electron chi connectivity index (χ4n) is 3.76. The molecule has 1 aromatic rings. The Morgan fingerprint density at radius 1 is 1.43 bits per heavy atom. The number of ether oxygens (including phenoxy) is 1. The van der Waals surface area contributed by atoms with Crippen LogP contribution in [0.5, 0.6) is 5.88 Å². The van der Waals surface area contributed by atoms with Crippen molar-refractivity contribution in [1.82, 2.24) is 15.6 Å². The lowest BCUT2D eigenvalue weighted by atomic mass is 10.1. The van der Waals surface area contributed by atoms with Gasteiger partial charge in [0.25, 0.3) is 0 Å². The molecule has 1 aromatic heterocycles. The zero-order chi connectivity index (χ0) is 20.3. The Bertz CT molecular complexity index is 708. The van der Waals surface area contributed by atoms with Crippen LogP contribution in [0.4, 0.5) is 23.4 Å². The second kappa shape index (κ2) is 8.50. The molecule has 2 aliphatic rings. The summed E-state index contributed by atoms with van der Waals surface area (Å²) >= 11 is 0. The molecule has 2 fully saturated rings. The quantitative estimate of drug-likeness (QED) is 0.713. The summed E-state index contributed by atoms with van der Waals surface area (Å²) in [6.07, 6.45) is -3.11. The second-order valence-corrected chi connectivity index (χ2v) is 7.25. The highest BCUT2D eigenvalue weighted by Gasteiger charge is 2.36. The first-order valence-corrected chi connectivity index (χ1v) is 9.33. The van der Waals surface area contributed by atoms with Gasteiger partial charge in [-0.25, -0.2) is 4.39 Å². The summed E-state index contributed by atoms with van der Waals surface area (Å²) in [7, 11) is 1.38. The highest BCUT2D eigenvalue weighted by molar-refractivity contribution is 5.82. The molecule has 1 amide bonds. The average Bonchev–Trinajstić information content (AvgIpc) is 3.30. The lowest BCUT2D eigenvalue weighted by Gasteiger charge is -2.20. The van der Waals surface area contributed by atoms with Gasteiger partial charge in [-0.05, 0) is 37.8 Å². The van der Waals surface area contributed by atoms with E-state index in [1.54, 1.807) is 0 Å². The maximum atomic E-state index is 14.6. The van der Waals surface area contributed by atoms with E-state index in [2.05, 4.69) is 15.6 Å². The van der Waals surface area contributed by atoms with Crippen LogP contribution < -0.4 is 20.3 Å². The molecule has 0 aliphatic carbocycles. The number of aromatic nitrogens is 1. The van der Waals surface area contributed by atoms with Crippen LogP contribution in [0.1, 0.15) is 31.2 Å². The SMILES string of the molecule is COc1nc(N2CCC(CC(F)(F)F)C2)c(F)cc1CNC(=O)C1CCCN1. The monoisotopic (exact) mass is 404 g/mol. The minimum Gasteiger partial charge on any atom is -0.481 e. The number of hydrogen-bond donors (Lipinski definition) is 2. The van der Waals surface area contributed by atoms with Crippen LogP contribution in [0.25, 0.3) is 0 Å². The first-order chi connectivity index (χ1) is 13.3. The molecular weight excluding hydrogens is 380 g/mol. The van der Waals surface area contributed by atoms with E-state index in [0.717, 1.165) is 19.4 Å². The maximum Gasteiger partial charge on any atom is 0.389 e. The Kier molecular flexibility index (Phi) is 6.26. The number of carbonyl (C=O) groups excluding carboxylic acids is 1. The molecule has 0 saturated carbocycles. The number of rotatable bonds is 6. The third-order valence-corrected chi connectivity index (χ3v) is 5.13. The molecule has 156 valence electrons. The molecular formula is C18H24F4N4O2. The Labute approximate surface area is 160 Å². The third kappa shape index (κ3) is 5.03. The van der Waals surface area contributed by atoms with Crippen LogP contribution >= 0.6 is 0 Å². The van der Waals surface area contributed by atoms with Gasteiger partial charge in [0.2, 0.25) is 11.8 Å². The standard InChI is InChI=1S/C18H24F4N4O2/c1-28-17-12(9-24-16(27)14-3-2-5-23-14)7-13(19)15(25-17)26-6-4-11(10-26)8-18(20,21)22/h7,11,14,23H,2-6,8-10H2,1H3,(H,24,27). The van der Waals surface area contributed by atoms with Crippen LogP contribution in [0.15, 0.2) is 6.07 Å². The topological polar surface area (TPSA) is 66.5 Å². The molecule has 28 heavy (non-hydrogen) atoms. The van der Waals surface area contributed by atoms with Crippen molar-refractivity contribution in [2.45, 2.75) is 44.4 Å². The molecule has 0 bridgehead atoms. The number of hydrogen-bond acceptors (Lipinski definition) is 5. The number of nitrogens with zero attached hydrogens (tertiary/aromatic N) is 2. The van der Waals surface area contributed by atoms with E-state index in [9.17, 15) is 22.4 Å². The number of halogens is 4. The Hall–Kier alpha value is -2.10. The normalized spacial score (nSPS) is 22.5. The van der Waals surface area contributed by atoms with Crippen molar-refractivity contribution >= 4 is 11.7 Å². The predicted octanol–water partition coefficient (Wildman–Crippen LogP) is 2.38. The number of alkyl halides is 3. The molecule has 2 saturated heterocycles. The third-order valence-electron chi connectivity index (χ3n) is 5.13. The van der Waals surface area contributed by atoms with E-state index < -0.39 is 24.3 Å². The van der Waals surface area contributed by atoms with Crippen LogP contribution in [0.3, 0.4) is 0 Å². The van der Waals surface area contributed by atoms with E-state index in [4.69, 9.17) is 4.74 Å². The molecule has 2 aliphatic heterocycles. The second-order valence-electron chi connectivity index (χ2n) is 7.25. The Morgan fingerprint density at radius 3 is 2.86 bits per heavy atom. The molecule has 6 nitrogen and oxygen atoms in total. The van der Waals surface area contributed by atoms with Gasteiger partial charge in [-0.2, -0.15) is 18.2 Å². The van der Waals surface area contributed by atoms with Crippen LogP contribution in [-0.4, -0.2) is 49.9 Å². The summed E-state index contributed by atoms with van der Waals surface area (Å²) in [6, 6.07) is 0.971. The summed E-state index contributed by atoms with van der Waals surface area (Å²) in [5.74, 6) is -1.26. The van der Waals surface area contributed by atoms with Gasteiger partial charge >= 0.3 is 6.18 Å². The van der Waals surface area contributed by atoms with Crippen LogP contribution in [-0.2, 0) is 11.3 Å². The summed E-state index contributed by atoms with van der Waals surface area (Å²) in [5.41, 5.74) is 0.376. The summed E-state index contributed by atoms with van der Waals surface area (Å²) in [6.45, 7) is 1.24. The van der Waals surface area contributed by atoms with Gasteiger partial charge in [-0.3, -0.25) is 4.79 Å². The molecule has 0 aromatic carbocycles. The molecule has 0 spiro atoms. The van der Waals surface area contributed by atoms with Crippen molar-refractivity contribution in [3.63, 3.8) is 0 Å². The lowest BCUT2D eigenvalue weighted by molar-refractivity contribution is -0.142. The van der Waals surface area contributed by atoms with Gasteiger partial charge in [0.15, 0.2) is 11.6 Å². The van der Waals surface area contributed by atoms with Gasteiger partial charge in [-0.1, -0.05) is 0 Å². The van der Waals surface area contributed by atoms with E-state index in [-0.39, 0.29) is 36.7 Å². The van der Waals surface area contributed by atoms with Gasteiger partial charge < -0.3 is 20.3 Å². The smallest absolute Gasteiger partial charge is 0.389 e. The van der Waals surface area contributed by atoms with Gasteiger partial charge in [0, 0.05) is 31.6 Å². The van der Waals surface area contributed by atoms with Crippen molar-refractivity contribution in [2.24, 2.45) is 5.92 Å². The lowest BCUT2D eigenvalue weighted by Crippen LogP contribution is -2.40. The van der Waals surface area contributed by atoms with Crippen molar-refractivity contribution in [2.75, 3.05) is 31.6 Å². The zero-order valence-corrected chi connectivity index (χ0v) is 15.6. The van der Waals surface area contributed by atoms with Crippen molar-refractivity contribution in [1.29, 1.82) is 0 Å². The van der Waals surface area contributed by atoms with E-state index in [0.29, 0.717) is 18.5 Å². The number of methoxy groups -OCH3 is 1. The summed E-state index contributed by atoms with van der Waals surface area (Å²) in [4.78, 5) is 17.8. The number of anilines is 1. The highest BCUT2D eigenvalue weighted by atomic mass is 19.4. The Balaban J connectivity index is 1.67. The molecule has 10 heteroatoms. The van der Waals surface area contributed by atoms with E-state index in [1.165, 1.54) is 18.1 Å². The largest absolute Gasteiger partial charge is 0.481 e. The minimum atomic E-state index is -4.24. The maximum absolute atomic E-state index is 14.6. The van der Waals surface area contributed by atoms with Gasteiger partial charge in [0.05, 0.1) is 13.2 Å². The van der Waals surface area contributed by atoms with Gasteiger partial charge in [-0.15, -0.1) is 0 Å². The van der Waals surface area contributed by atoms with Crippen LogP contribution in [0, 0.1) is 11.7 Å². The molecule has 3 heterocycles. The van der Waals surface area contributed by atoms with E-state index >= 15 is 0 Å². The van der Waals surface area contributed by atoms with Gasteiger partial charge in [0.1, 0.15) is 0 Å². The van der Waals surface area contributed by atoms with Crippen LogP contribution in [0.2, 0.25) is 0 Å².